The molecule has 0 saturated carbocycles. The highest BCUT2D eigenvalue weighted by atomic mass is 32.2. The lowest BCUT2D eigenvalue weighted by Gasteiger charge is -2.15. The number of hydrogen-bond donors (Lipinski definition) is 0. The van der Waals surface area contributed by atoms with Gasteiger partial charge in [0.2, 0.25) is 0 Å². The Morgan fingerprint density at radius 3 is 2.17 bits per heavy atom. The first-order valence-electron chi connectivity index (χ1n) is 5.23. The van der Waals surface area contributed by atoms with Crippen molar-refractivity contribution in [1.29, 1.82) is 0 Å². The van der Waals surface area contributed by atoms with Crippen LogP contribution in [0.3, 0.4) is 0 Å². The first kappa shape index (κ1) is 17.6. The van der Waals surface area contributed by atoms with E-state index in [1.165, 1.54) is 0 Å². The molecule has 7 nitrogen and oxygen atoms in total. The first-order chi connectivity index (χ1) is 8.39. The average molecular weight is 300 g/mol. The minimum Gasteiger partial charge on any atom is -0.287 e. The molecule has 0 aliphatic rings. The molecule has 0 aliphatic heterocycles. The molecular weight excluding hydrogens is 283 g/mol. The van der Waals surface area contributed by atoms with Crippen molar-refractivity contribution in [3.8, 4) is 12.3 Å². The average Bonchev–Trinajstić information content (AvgIpc) is 2.26. The second-order valence-corrected chi connectivity index (χ2v) is 6.27. The molecule has 0 aromatic carbocycles. The van der Waals surface area contributed by atoms with Crippen LogP contribution in [0.2, 0.25) is 0 Å². The van der Waals surface area contributed by atoms with Crippen LogP contribution in [0.15, 0.2) is 0 Å². The summed E-state index contributed by atoms with van der Waals surface area (Å²) in [4.78, 5) is 0. The van der Waals surface area contributed by atoms with Crippen molar-refractivity contribution in [2.75, 3.05) is 32.2 Å². The number of phosphoric ester groups is 1. The fourth-order valence-corrected chi connectivity index (χ4v) is 2.81. The van der Waals surface area contributed by atoms with Crippen molar-refractivity contribution >= 4 is 17.9 Å². The molecule has 9 heteroatoms. The summed E-state index contributed by atoms with van der Waals surface area (Å²) in [5.74, 6) is 1.54. The summed E-state index contributed by atoms with van der Waals surface area (Å²) in [6, 6.07) is 0. The third-order valence-electron chi connectivity index (χ3n) is 1.48. The summed E-state index contributed by atoms with van der Waals surface area (Å²) >= 11 is 0. The fraction of sp³-hybridized carbons (Fsp3) is 0.778. The molecule has 0 rings (SSSR count). The van der Waals surface area contributed by atoms with Gasteiger partial charge in [-0.15, -0.1) is 6.42 Å². The Bertz CT molecular complexity index is 401. The molecule has 18 heavy (non-hydrogen) atoms. The van der Waals surface area contributed by atoms with Crippen molar-refractivity contribution < 1.29 is 30.7 Å². The second-order valence-electron chi connectivity index (χ2n) is 2.84. The van der Waals surface area contributed by atoms with Gasteiger partial charge in [-0.1, -0.05) is 5.92 Å². The van der Waals surface area contributed by atoms with Crippen LogP contribution in [0.1, 0.15) is 13.8 Å². The van der Waals surface area contributed by atoms with Gasteiger partial charge in [0.1, 0.15) is 6.61 Å². The molecular formula is C9H17O7PS. The van der Waals surface area contributed by atoms with Gasteiger partial charge in [0.15, 0.2) is 0 Å². The number of hydrogen-bond acceptors (Lipinski definition) is 7. The Labute approximate surface area is 107 Å². The summed E-state index contributed by atoms with van der Waals surface area (Å²) in [7, 11) is -7.49. The van der Waals surface area contributed by atoms with E-state index in [2.05, 4.69) is 4.18 Å². The summed E-state index contributed by atoms with van der Waals surface area (Å²) < 4.78 is 53.1. The Balaban J connectivity index is 4.22. The van der Waals surface area contributed by atoms with Gasteiger partial charge in [-0.05, 0) is 13.8 Å². The van der Waals surface area contributed by atoms with E-state index in [-0.39, 0.29) is 26.4 Å². The molecule has 0 radical (unpaired) electrons. The predicted octanol–water partition coefficient (Wildman–Crippen LogP) is 1.16. The van der Waals surface area contributed by atoms with Gasteiger partial charge in [-0.25, -0.2) is 4.57 Å². The lowest BCUT2D eigenvalue weighted by molar-refractivity contribution is 0.126. The summed E-state index contributed by atoms with van der Waals surface area (Å²) in [5, 5.41) is 0. The van der Waals surface area contributed by atoms with Gasteiger partial charge < -0.3 is 0 Å². The third-order valence-corrected chi connectivity index (χ3v) is 4.27. The highest BCUT2D eigenvalue weighted by Gasteiger charge is 2.26. The number of phosphoric acid groups is 1. The van der Waals surface area contributed by atoms with Gasteiger partial charge in [0.05, 0.1) is 25.6 Å². The van der Waals surface area contributed by atoms with Crippen LogP contribution >= 0.6 is 7.82 Å². The van der Waals surface area contributed by atoms with Crippen LogP contribution in [0, 0.1) is 12.3 Å². The van der Waals surface area contributed by atoms with Gasteiger partial charge >= 0.3 is 7.82 Å². The van der Waals surface area contributed by atoms with Crippen molar-refractivity contribution in [2.45, 2.75) is 13.8 Å². The van der Waals surface area contributed by atoms with Crippen LogP contribution in [0.4, 0.5) is 0 Å². The highest BCUT2D eigenvalue weighted by molar-refractivity contribution is 7.86. The monoisotopic (exact) mass is 300 g/mol. The molecule has 0 bridgehead atoms. The van der Waals surface area contributed by atoms with Gasteiger partial charge in [-0.3, -0.25) is 17.8 Å². The molecule has 0 heterocycles. The molecule has 0 saturated heterocycles. The maximum Gasteiger partial charge on any atom is 0.474 e. The molecule has 0 atom stereocenters. The zero-order valence-corrected chi connectivity index (χ0v) is 12.0. The minimum atomic E-state index is -3.80. The zero-order valence-electron chi connectivity index (χ0n) is 10.3. The Morgan fingerprint density at radius 1 is 1.17 bits per heavy atom. The number of rotatable bonds is 10. The van der Waals surface area contributed by atoms with Crippen molar-refractivity contribution in [1.82, 2.24) is 0 Å². The minimum absolute atomic E-state index is 0.123. The van der Waals surface area contributed by atoms with E-state index in [9.17, 15) is 13.0 Å². The maximum atomic E-state index is 11.8. The quantitative estimate of drug-likeness (QED) is 0.340. The topological polar surface area (TPSA) is 88.1 Å². The van der Waals surface area contributed by atoms with Gasteiger partial charge in [-0.2, -0.15) is 8.42 Å². The Hall–Kier alpha value is -0.420. The molecule has 0 spiro atoms. The van der Waals surface area contributed by atoms with E-state index in [0.717, 1.165) is 0 Å². The van der Waals surface area contributed by atoms with Gasteiger partial charge in [0.25, 0.3) is 10.1 Å². The van der Waals surface area contributed by atoms with Crippen LogP contribution < -0.4 is 0 Å². The van der Waals surface area contributed by atoms with Crippen molar-refractivity contribution in [2.24, 2.45) is 0 Å². The van der Waals surface area contributed by atoms with Crippen LogP contribution in [-0.2, 0) is 32.4 Å². The largest absolute Gasteiger partial charge is 0.474 e. The smallest absolute Gasteiger partial charge is 0.287 e. The lowest BCUT2D eigenvalue weighted by Crippen LogP contribution is -2.15. The van der Waals surface area contributed by atoms with E-state index >= 15 is 0 Å². The molecule has 0 fully saturated rings. The van der Waals surface area contributed by atoms with Crippen molar-refractivity contribution in [3.63, 3.8) is 0 Å². The normalized spacial score (nSPS) is 12.3. The molecule has 106 valence electrons. The second kappa shape index (κ2) is 8.64. The van der Waals surface area contributed by atoms with Crippen LogP contribution in [0.25, 0.3) is 0 Å². The Morgan fingerprint density at radius 2 is 1.72 bits per heavy atom. The lowest BCUT2D eigenvalue weighted by atomic mass is 10.8. The fourth-order valence-electron chi connectivity index (χ4n) is 0.862. The van der Waals surface area contributed by atoms with E-state index in [1.54, 1.807) is 13.8 Å². The van der Waals surface area contributed by atoms with Crippen LogP contribution in [0.5, 0.6) is 0 Å². The van der Waals surface area contributed by atoms with E-state index in [4.69, 9.17) is 20.0 Å². The SMILES string of the molecule is C#CCOS(=O)(=O)CCOP(=O)(OCC)OCC. The van der Waals surface area contributed by atoms with Gasteiger partial charge in [0, 0.05) is 0 Å². The zero-order chi connectivity index (χ0) is 14.1. The molecule has 0 N–H and O–H groups in total. The molecule has 0 aliphatic carbocycles. The number of terminal acetylenes is 1. The molecule has 0 unspecified atom stereocenters. The van der Waals surface area contributed by atoms with E-state index in [1.807, 2.05) is 5.92 Å². The summed E-state index contributed by atoms with van der Waals surface area (Å²) in [5.41, 5.74) is 0. The van der Waals surface area contributed by atoms with Crippen molar-refractivity contribution in [3.05, 3.63) is 0 Å². The summed E-state index contributed by atoms with van der Waals surface area (Å²) in [6.45, 7) is 2.75. The molecule has 0 aromatic heterocycles. The predicted molar refractivity (Wildman–Crippen MR) is 65.4 cm³/mol. The maximum absolute atomic E-state index is 11.8. The van der Waals surface area contributed by atoms with E-state index < -0.39 is 23.7 Å². The van der Waals surface area contributed by atoms with E-state index in [0.29, 0.717) is 0 Å². The highest BCUT2D eigenvalue weighted by Crippen LogP contribution is 2.48. The third kappa shape index (κ3) is 7.82. The summed E-state index contributed by atoms with van der Waals surface area (Å²) in [6.07, 6.45) is 4.86. The molecule has 0 amide bonds. The Kier molecular flexibility index (Phi) is 8.44. The van der Waals surface area contributed by atoms with Crippen LogP contribution in [-0.4, -0.2) is 40.6 Å². The molecule has 0 aromatic rings. The standard InChI is InChI=1S/C9H17O7PS/c1-4-7-16-18(11,12)9-8-15-17(10,13-5-2)14-6-3/h1H,5-9H2,2-3H3. The first-order valence-corrected chi connectivity index (χ1v) is 8.27.